The minimum absolute atomic E-state index is 0.00948. The molecule has 2 heterocycles. The molecule has 0 aliphatic heterocycles. The monoisotopic (exact) mass is 262 g/mol. The van der Waals surface area contributed by atoms with Crippen LogP contribution >= 0.6 is 0 Å². The van der Waals surface area contributed by atoms with Gasteiger partial charge in [-0.3, -0.25) is 9.20 Å². The smallest absolute Gasteiger partial charge is 0.350 e. The second-order valence-electron chi connectivity index (χ2n) is 4.76. The summed E-state index contributed by atoms with van der Waals surface area (Å²) in [6.45, 7) is -0.104. The Bertz CT molecular complexity index is 669. The Hall–Kier alpha value is -2.15. The van der Waals surface area contributed by atoms with Crippen molar-refractivity contribution in [1.82, 2.24) is 19.5 Å². The van der Waals surface area contributed by atoms with Crippen molar-refractivity contribution in [2.24, 2.45) is 0 Å². The van der Waals surface area contributed by atoms with Gasteiger partial charge in [-0.25, -0.2) is 9.48 Å². The normalized spacial score (nSPS) is 22.2. The molecule has 0 spiro atoms. The van der Waals surface area contributed by atoms with Gasteiger partial charge in [0.1, 0.15) is 6.54 Å². The van der Waals surface area contributed by atoms with Crippen LogP contribution in [0, 0.1) is 0 Å². The van der Waals surface area contributed by atoms with Crippen molar-refractivity contribution in [3.8, 4) is 0 Å². The van der Waals surface area contributed by atoms with E-state index in [0.29, 0.717) is 18.5 Å². The predicted molar refractivity (Wildman–Crippen MR) is 66.6 cm³/mol. The quantitative estimate of drug-likeness (QED) is 0.753. The van der Waals surface area contributed by atoms with Crippen LogP contribution in [0.15, 0.2) is 29.2 Å². The highest BCUT2D eigenvalue weighted by Crippen LogP contribution is 2.18. The molecule has 1 aliphatic carbocycles. The molecule has 0 atom stereocenters. The summed E-state index contributed by atoms with van der Waals surface area (Å²) in [5.41, 5.74) is 0.179. The number of nitrogens with one attached hydrogen (secondary N) is 1. The van der Waals surface area contributed by atoms with Crippen molar-refractivity contribution in [2.45, 2.75) is 31.5 Å². The van der Waals surface area contributed by atoms with Crippen LogP contribution in [0.2, 0.25) is 0 Å². The Labute approximate surface area is 108 Å². The Morgan fingerprint density at radius 2 is 2.26 bits per heavy atom. The van der Waals surface area contributed by atoms with E-state index < -0.39 is 0 Å². The molecule has 2 aromatic heterocycles. The molecule has 1 fully saturated rings. The number of carbonyl (C=O) groups is 1. The zero-order valence-corrected chi connectivity index (χ0v) is 10.2. The van der Waals surface area contributed by atoms with E-state index in [1.165, 1.54) is 4.40 Å². The van der Waals surface area contributed by atoms with Gasteiger partial charge in [0.05, 0.1) is 6.10 Å². The highest BCUT2D eigenvalue weighted by Gasteiger charge is 2.28. The molecule has 1 aliphatic rings. The zero-order chi connectivity index (χ0) is 13.4. The summed E-state index contributed by atoms with van der Waals surface area (Å²) < 4.78 is 2.53. The van der Waals surface area contributed by atoms with Gasteiger partial charge in [-0.05, 0) is 25.0 Å². The van der Waals surface area contributed by atoms with Crippen molar-refractivity contribution < 1.29 is 9.90 Å². The number of rotatable bonds is 3. The first-order valence-corrected chi connectivity index (χ1v) is 6.15. The van der Waals surface area contributed by atoms with Crippen LogP contribution in [0.3, 0.4) is 0 Å². The zero-order valence-electron chi connectivity index (χ0n) is 10.2. The fourth-order valence-electron chi connectivity index (χ4n) is 2.19. The third-order valence-corrected chi connectivity index (χ3v) is 3.26. The third kappa shape index (κ3) is 2.24. The maximum atomic E-state index is 11.9. The largest absolute Gasteiger partial charge is 0.393 e. The van der Waals surface area contributed by atoms with Crippen LogP contribution in [0.1, 0.15) is 12.8 Å². The molecule has 100 valence electrons. The molecule has 1 amide bonds. The van der Waals surface area contributed by atoms with Gasteiger partial charge in [0.15, 0.2) is 5.65 Å². The Kier molecular flexibility index (Phi) is 2.83. The van der Waals surface area contributed by atoms with Gasteiger partial charge in [-0.2, -0.15) is 0 Å². The van der Waals surface area contributed by atoms with E-state index in [1.807, 2.05) is 0 Å². The summed E-state index contributed by atoms with van der Waals surface area (Å²) in [6, 6.07) is 5.23. The number of aliphatic hydroxyl groups excluding tert-OH is 1. The van der Waals surface area contributed by atoms with E-state index in [-0.39, 0.29) is 30.3 Å². The van der Waals surface area contributed by atoms with Gasteiger partial charge in [0.2, 0.25) is 5.91 Å². The third-order valence-electron chi connectivity index (χ3n) is 3.26. The van der Waals surface area contributed by atoms with Crippen molar-refractivity contribution >= 4 is 11.6 Å². The average Bonchev–Trinajstić information content (AvgIpc) is 2.65. The molecule has 7 heteroatoms. The Morgan fingerprint density at radius 3 is 2.95 bits per heavy atom. The summed E-state index contributed by atoms with van der Waals surface area (Å²) in [5, 5.41) is 16.0. The van der Waals surface area contributed by atoms with Gasteiger partial charge < -0.3 is 10.4 Å². The Balaban J connectivity index is 1.72. The van der Waals surface area contributed by atoms with Gasteiger partial charge in [0.25, 0.3) is 0 Å². The second-order valence-corrected chi connectivity index (χ2v) is 4.76. The first kappa shape index (κ1) is 11.9. The van der Waals surface area contributed by atoms with E-state index in [2.05, 4.69) is 10.4 Å². The topological polar surface area (TPSA) is 88.6 Å². The van der Waals surface area contributed by atoms with Crippen LogP contribution in [0.4, 0.5) is 0 Å². The van der Waals surface area contributed by atoms with E-state index in [1.54, 1.807) is 24.4 Å². The van der Waals surface area contributed by atoms with E-state index in [0.717, 1.165) is 4.68 Å². The molecule has 0 saturated heterocycles. The molecule has 19 heavy (non-hydrogen) atoms. The number of hydrogen-bond donors (Lipinski definition) is 2. The lowest BCUT2D eigenvalue weighted by Gasteiger charge is -2.31. The molecule has 2 N–H and O–H groups in total. The summed E-state index contributed by atoms with van der Waals surface area (Å²) in [7, 11) is 0. The minimum atomic E-state index is -0.334. The summed E-state index contributed by atoms with van der Waals surface area (Å²) in [6.07, 6.45) is 2.45. The standard InChI is InChI=1S/C12H14N4O3/c17-9-5-8(6-9)13-11(18)7-16-12(19)15-4-2-1-3-10(15)14-16/h1-4,8-9,17H,5-7H2,(H,13,18). The molecule has 0 aromatic carbocycles. The average molecular weight is 262 g/mol. The SMILES string of the molecule is O=C(Cn1nc2ccccn2c1=O)NC1CC(O)C1. The first-order valence-electron chi connectivity index (χ1n) is 6.15. The molecule has 0 bridgehead atoms. The van der Waals surface area contributed by atoms with Gasteiger partial charge in [-0.1, -0.05) is 6.07 Å². The fraction of sp³-hybridized carbons (Fsp3) is 0.417. The Morgan fingerprint density at radius 1 is 1.47 bits per heavy atom. The molecule has 3 rings (SSSR count). The maximum absolute atomic E-state index is 11.9. The highest BCUT2D eigenvalue weighted by molar-refractivity contribution is 5.76. The van der Waals surface area contributed by atoms with Crippen molar-refractivity contribution in [3.63, 3.8) is 0 Å². The molecule has 0 unspecified atom stereocenters. The van der Waals surface area contributed by atoms with Crippen LogP contribution in [0.5, 0.6) is 0 Å². The lowest BCUT2D eigenvalue weighted by atomic mass is 9.89. The lowest BCUT2D eigenvalue weighted by molar-refractivity contribution is -0.123. The van der Waals surface area contributed by atoms with Crippen molar-refractivity contribution in [3.05, 3.63) is 34.9 Å². The van der Waals surface area contributed by atoms with Crippen LogP contribution < -0.4 is 11.0 Å². The molecule has 2 aromatic rings. The molecular formula is C12H14N4O3. The number of pyridine rings is 1. The fourth-order valence-corrected chi connectivity index (χ4v) is 2.19. The first-order chi connectivity index (χ1) is 9.13. The highest BCUT2D eigenvalue weighted by atomic mass is 16.3. The van der Waals surface area contributed by atoms with Crippen LogP contribution in [-0.2, 0) is 11.3 Å². The number of aliphatic hydroxyl groups is 1. The summed E-state index contributed by atoms with van der Waals surface area (Å²) >= 11 is 0. The summed E-state index contributed by atoms with van der Waals surface area (Å²) in [5.74, 6) is -0.262. The van der Waals surface area contributed by atoms with Gasteiger partial charge >= 0.3 is 5.69 Å². The predicted octanol–water partition coefficient (Wildman–Crippen LogP) is -0.864. The van der Waals surface area contributed by atoms with Crippen molar-refractivity contribution in [1.29, 1.82) is 0 Å². The number of carbonyl (C=O) groups excluding carboxylic acids is 1. The second kappa shape index (κ2) is 4.51. The molecule has 7 nitrogen and oxygen atoms in total. The maximum Gasteiger partial charge on any atom is 0.350 e. The van der Waals surface area contributed by atoms with Crippen LogP contribution in [-0.4, -0.2) is 37.3 Å². The molecule has 1 saturated carbocycles. The molecule has 0 radical (unpaired) electrons. The molecular weight excluding hydrogens is 248 g/mol. The number of amides is 1. The minimum Gasteiger partial charge on any atom is -0.393 e. The number of nitrogens with zero attached hydrogens (tertiary/aromatic N) is 3. The van der Waals surface area contributed by atoms with Gasteiger partial charge in [0, 0.05) is 12.2 Å². The van der Waals surface area contributed by atoms with E-state index in [4.69, 9.17) is 5.11 Å². The van der Waals surface area contributed by atoms with E-state index >= 15 is 0 Å². The summed E-state index contributed by atoms with van der Waals surface area (Å²) in [4.78, 5) is 23.7. The lowest BCUT2D eigenvalue weighted by Crippen LogP contribution is -2.48. The van der Waals surface area contributed by atoms with Crippen molar-refractivity contribution in [2.75, 3.05) is 0 Å². The number of aromatic nitrogens is 3. The number of fused-ring (bicyclic) bond motifs is 1. The van der Waals surface area contributed by atoms with Crippen LogP contribution in [0.25, 0.3) is 5.65 Å². The van der Waals surface area contributed by atoms with Gasteiger partial charge in [-0.15, -0.1) is 5.10 Å². The van der Waals surface area contributed by atoms with E-state index in [9.17, 15) is 9.59 Å². The number of hydrogen-bond acceptors (Lipinski definition) is 4.